The lowest BCUT2D eigenvalue weighted by Crippen LogP contribution is -2.25. The molecule has 3 aromatic rings. The van der Waals surface area contributed by atoms with Crippen molar-refractivity contribution in [3.05, 3.63) is 67.9 Å². The Morgan fingerprint density at radius 2 is 1.83 bits per heavy atom. The van der Waals surface area contributed by atoms with E-state index < -0.39 is 15.7 Å². The van der Waals surface area contributed by atoms with Crippen LogP contribution in [0.1, 0.15) is 11.1 Å². The summed E-state index contributed by atoms with van der Waals surface area (Å²) in [6, 6.07) is 9.34. The summed E-state index contributed by atoms with van der Waals surface area (Å²) in [7, 11) is -4.52. The Balaban J connectivity index is 2.40. The summed E-state index contributed by atoms with van der Waals surface area (Å²) in [5, 5.41) is 0.787. The average molecular weight is 471 g/mol. The van der Waals surface area contributed by atoms with Crippen molar-refractivity contribution >= 4 is 45.1 Å². The van der Waals surface area contributed by atoms with Gasteiger partial charge < -0.3 is 0 Å². The van der Waals surface area contributed by atoms with E-state index in [0.29, 0.717) is 10.8 Å². The fourth-order valence-electron chi connectivity index (χ4n) is 2.92. The number of nitrogens with zero attached hydrogens (tertiary/aromatic N) is 2. The quantitative estimate of drug-likeness (QED) is 0.334. The monoisotopic (exact) mass is 470 g/mol. The molecule has 29 heavy (non-hydrogen) atoms. The van der Waals surface area contributed by atoms with Crippen LogP contribution < -0.4 is 5.56 Å². The Morgan fingerprint density at radius 3 is 2.45 bits per heavy atom. The topological polar surface area (TPSA) is 89.3 Å². The highest BCUT2D eigenvalue weighted by atomic mass is 35.5. The molecule has 2 aromatic carbocycles. The number of benzene rings is 2. The van der Waals surface area contributed by atoms with Crippen molar-refractivity contribution in [2.24, 2.45) is 0 Å². The molecule has 3 rings (SSSR count). The smallest absolute Gasteiger partial charge is 0.282 e. The van der Waals surface area contributed by atoms with E-state index in [-0.39, 0.29) is 31.8 Å². The van der Waals surface area contributed by atoms with Gasteiger partial charge in [-0.1, -0.05) is 52.7 Å². The second-order valence-electron chi connectivity index (χ2n) is 6.26. The fourth-order valence-corrected chi connectivity index (χ4v) is 4.52. The highest BCUT2D eigenvalue weighted by Crippen LogP contribution is 2.33. The van der Waals surface area contributed by atoms with E-state index in [0.717, 1.165) is 5.56 Å². The van der Waals surface area contributed by atoms with Gasteiger partial charge in [-0.3, -0.25) is 13.9 Å². The third kappa shape index (κ3) is 4.08. The lowest BCUT2D eigenvalue weighted by atomic mass is 10.1. The molecule has 0 spiro atoms. The van der Waals surface area contributed by atoms with Crippen molar-refractivity contribution in [2.45, 2.75) is 23.9 Å². The van der Waals surface area contributed by atoms with Crippen LogP contribution in [0.5, 0.6) is 0 Å². The van der Waals surface area contributed by atoms with Crippen molar-refractivity contribution < 1.29 is 13.0 Å². The summed E-state index contributed by atoms with van der Waals surface area (Å²) < 4.78 is 34.7. The maximum Gasteiger partial charge on any atom is 0.295 e. The molecular formula is C19H16Cl2N2O4S2. The summed E-state index contributed by atoms with van der Waals surface area (Å²) in [5.74, 6) is 0. The number of rotatable bonds is 4. The van der Waals surface area contributed by atoms with Gasteiger partial charge in [0, 0.05) is 11.1 Å². The van der Waals surface area contributed by atoms with Gasteiger partial charge in [-0.2, -0.15) is 8.42 Å². The van der Waals surface area contributed by atoms with Gasteiger partial charge in [-0.05, 0) is 44.4 Å². The summed E-state index contributed by atoms with van der Waals surface area (Å²) in [4.78, 5) is 17.5. The summed E-state index contributed by atoms with van der Waals surface area (Å²) in [5.41, 5.74) is 1.23. The van der Waals surface area contributed by atoms with Crippen LogP contribution in [-0.4, -0.2) is 28.8 Å². The van der Waals surface area contributed by atoms with E-state index in [9.17, 15) is 17.8 Å². The molecule has 0 aliphatic heterocycles. The lowest BCUT2D eigenvalue weighted by Gasteiger charge is -2.17. The zero-order valence-electron chi connectivity index (χ0n) is 15.6. The molecule has 0 bridgehead atoms. The van der Waals surface area contributed by atoms with Crippen molar-refractivity contribution in [1.82, 2.24) is 9.55 Å². The maximum absolute atomic E-state index is 13.2. The van der Waals surface area contributed by atoms with E-state index >= 15 is 0 Å². The molecular weight excluding hydrogens is 455 g/mol. The predicted molar refractivity (Wildman–Crippen MR) is 116 cm³/mol. The zero-order valence-corrected chi connectivity index (χ0v) is 18.7. The minimum Gasteiger partial charge on any atom is -0.282 e. The first-order chi connectivity index (χ1) is 13.6. The van der Waals surface area contributed by atoms with Crippen LogP contribution >= 0.6 is 35.0 Å². The van der Waals surface area contributed by atoms with Gasteiger partial charge in [0.1, 0.15) is 4.90 Å². The number of hydrogen-bond donors (Lipinski definition) is 1. The van der Waals surface area contributed by atoms with Crippen LogP contribution in [0.2, 0.25) is 10.0 Å². The molecule has 1 heterocycles. The number of aromatic nitrogens is 2. The van der Waals surface area contributed by atoms with Crippen LogP contribution in [-0.2, 0) is 10.1 Å². The zero-order chi connectivity index (χ0) is 21.5. The van der Waals surface area contributed by atoms with E-state index in [1.54, 1.807) is 50.4 Å². The van der Waals surface area contributed by atoms with Crippen LogP contribution in [0.25, 0.3) is 16.9 Å². The predicted octanol–water partition coefficient (Wildman–Crippen LogP) is 4.79. The molecule has 0 aliphatic carbocycles. The van der Waals surface area contributed by atoms with Gasteiger partial charge in [0.2, 0.25) is 0 Å². The van der Waals surface area contributed by atoms with Gasteiger partial charge in [0.25, 0.3) is 15.7 Å². The van der Waals surface area contributed by atoms with Crippen LogP contribution in [0, 0.1) is 13.8 Å². The molecule has 1 aromatic heterocycles. The Kier molecular flexibility index (Phi) is 6.12. The molecule has 0 atom stereocenters. The molecule has 0 unspecified atom stereocenters. The van der Waals surface area contributed by atoms with Crippen molar-refractivity contribution in [2.75, 3.05) is 6.26 Å². The van der Waals surface area contributed by atoms with Crippen molar-refractivity contribution in [3.63, 3.8) is 0 Å². The lowest BCUT2D eigenvalue weighted by molar-refractivity contribution is 0.483. The van der Waals surface area contributed by atoms with Crippen LogP contribution in [0.3, 0.4) is 0 Å². The van der Waals surface area contributed by atoms with Crippen molar-refractivity contribution in [3.8, 4) is 16.9 Å². The minimum atomic E-state index is -4.52. The minimum absolute atomic E-state index is 0.154. The average Bonchev–Trinajstić information content (AvgIpc) is 2.65. The SMILES string of the molecule is CSc1nc(-c2cc(C)ccc2S(=O)(=O)O)c(C)c(=O)n1-c1cccc(Cl)c1Cl. The summed E-state index contributed by atoms with van der Waals surface area (Å²) in [6.45, 7) is 3.31. The highest BCUT2D eigenvalue weighted by molar-refractivity contribution is 7.98. The van der Waals surface area contributed by atoms with Gasteiger partial charge in [0.15, 0.2) is 5.16 Å². The van der Waals surface area contributed by atoms with Gasteiger partial charge >= 0.3 is 0 Å². The maximum atomic E-state index is 13.2. The van der Waals surface area contributed by atoms with E-state index in [1.807, 2.05) is 0 Å². The molecule has 10 heteroatoms. The Hall–Kier alpha value is -1.84. The Labute approximate surface area is 182 Å². The summed E-state index contributed by atoms with van der Waals surface area (Å²) >= 11 is 13.6. The number of thioether (sulfide) groups is 1. The first kappa shape index (κ1) is 21.9. The number of halogens is 2. The van der Waals surface area contributed by atoms with Crippen LogP contribution in [0.4, 0.5) is 0 Å². The molecule has 1 N–H and O–H groups in total. The van der Waals surface area contributed by atoms with E-state index in [4.69, 9.17) is 23.2 Å². The Bertz CT molecular complexity index is 1290. The molecule has 0 amide bonds. The number of hydrogen-bond acceptors (Lipinski definition) is 5. The largest absolute Gasteiger partial charge is 0.295 e. The van der Waals surface area contributed by atoms with Crippen molar-refractivity contribution in [1.29, 1.82) is 0 Å². The molecule has 152 valence electrons. The first-order valence-electron chi connectivity index (χ1n) is 8.26. The first-order valence-corrected chi connectivity index (χ1v) is 11.7. The summed E-state index contributed by atoms with van der Waals surface area (Å²) in [6.07, 6.45) is 1.73. The molecule has 0 radical (unpaired) electrons. The third-order valence-electron chi connectivity index (χ3n) is 4.30. The van der Waals surface area contributed by atoms with Crippen LogP contribution in [0.15, 0.2) is 51.2 Å². The normalized spacial score (nSPS) is 11.7. The number of aryl methyl sites for hydroxylation is 1. The molecule has 0 saturated heterocycles. The highest BCUT2D eigenvalue weighted by Gasteiger charge is 2.23. The molecule has 0 aliphatic rings. The van der Waals surface area contributed by atoms with Gasteiger partial charge in [-0.15, -0.1) is 0 Å². The Morgan fingerprint density at radius 1 is 1.14 bits per heavy atom. The van der Waals surface area contributed by atoms with E-state index in [1.165, 1.54) is 22.4 Å². The molecule has 6 nitrogen and oxygen atoms in total. The van der Waals surface area contributed by atoms with Gasteiger partial charge in [-0.25, -0.2) is 4.98 Å². The van der Waals surface area contributed by atoms with E-state index in [2.05, 4.69) is 4.98 Å². The standard InChI is InChI=1S/C19H16Cl2N2O4S2/c1-10-7-8-15(29(25,26)27)12(9-10)17-11(2)18(24)23(19(22-17)28-3)14-6-4-5-13(20)16(14)21/h4-9H,1-3H3,(H,25,26,27). The second kappa shape index (κ2) is 8.12. The fraction of sp³-hybridized carbons (Fsp3) is 0.158. The molecule has 0 fully saturated rings. The molecule has 0 saturated carbocycles. The third-order valence-corrected chi connectivity index (χ3v) is 6.66. The second-order valence-corrected chi connectivity index (χ2v) is 9.21. The van der Waals surface area contributed by atoms with Gasteiger partial charge in [0.05, 0.1) is 21.4 Å².